The van der Waals surface area contributed by atoms with Crippen LogP contribution in [0.1, 0.15) is 50.2 Å². The zero-order valence-corrected chi connectivity index (χ0v) is 20.6. The van der Waals surface area contributed by atoms with Crippen molar-refractivity contribution < 1.29 is 23.1 Å². The maximum absolute atomic E-state index is 14.7. The zero-order valence-electron chi connectivity index (χ0n) is 19.8. The molecule has 1 aliphatic carbocycles. The Labute approximate surface area is 208 Å². The Morgan fingerprint density at radius 3 is 2.74 bits per heavy atom. The molecule has 2 aliphatic rings. The smallest absolute Gasteiger partial charge is 0.273 e. The van der Waals surface area contributed by atoms with Gasteiger partial charge >= 0.3 is 0 Å². The molecule has 2 atom stereocenters. The number of methoxy groups -OCH3 is 1. The predicted octanol–water partition coefficient (Wildman–Crippen LogP) is 5.46. The number of rotatable bonds is 9. The first-order valence-corrected chi connectivity index (χ1v) is 12.5. The van der Waals surface area contributed by atoms with E-state index in [4.69, 9.17) is 9.57 Å². The summed E-state index contributed by atoms with van der Waals surface area (Å²) >= 11 is 1.21. The van der Waals surface area contributed by atoms with Crippen molar-refractivity contribution in [1.29, 1.82) is 0 Å². The van der Waals surface area contributed by atoms with Gasteiger partial charge in [0.05, 0.1) is 6.61 Å². The molecule has 4 rings (SSSR count). The van der Waals surface area contributed by atoms with E-state index in [9.17, 15) is 13.6 Å². The molecule has 1 N–H and O–H groups in total. The summed E-state index contributed by atoms with van der Waals surface area (Å²) in [6, 6.07) is 12.6. The molecule has 6 nitrogen and oxygen atoms in total. The minimum absolute atomic E-state index is 0.00193. The standard InChI is InChI=1S/C26H29F2N3O3S/c1-18(33-2)25(32)31-26(19-9-5-3-6-10-19,15-16-34-30-21-11-7-4-8-12-21)35-24(29-31)22-17-20(27)13-14-23(22)28/h3,5-6,9-11,13-14,17-18,30H,4,7-8,12,15-16H2,1-2H3/t18-,26?/m0/s1. The van der Waals surface area contributed by atoms with Crippen molar-refractivity contribution in [3.63, 3.8) is 0 Å². The van der Waals surface area contributed by atoms with Crippen LogP contribution >= 0.6 is 11.8 Å². The van der Waals surface area contributed by atoms with Crippen LogP contribution in [-0.2, 0) is 19.2 Å². The lowest BCUT2D eigenvalue weighted by molar-refractivity contribution is -0.145. The van der Waals surface area contributed by atoms with Crippen LogP contribution in [-0.4, -0.2) is 35.8 Å². The molecule has 0 bridgehead atoms. The van der Waals surface area contributed by atoms with Gasteiger partial charge in [0.1, 0.15) is 27.7 Å². The van der Waals surface area contributed by atoms with Crippen LogP contribution < -0.4 is 5.48 Å². The molecular weight excluding hydrogens is 472 g/mol. The molecule has 1 aliphatic heterocycles. The minimum Gasteiger partial charge on any atom is -0.372 e. The summed E-state index contributed by atoms with van der Waals surface area (Å²) in [5, 5.41) is 6.07. The monoisotopic (exact) mass is 501 g/mol. The molecule has 0 saturated carbocycles. The molecule has 2 aromatic carbocycles. The van der Waals surface area contributed by atoms with Gasteiger partial charge in [0, 0.05) is 24.8 Å². The topological polar surface area (TPSA) is 63.2 Å². The molecule has 0 radical (unpaired) electrons. The number of allylic oxidation sites excluding steroid dienone is 2. The quantitative estimate of drug-likeness (QED) is 0.365. The number of halogens is 2. The summed E-state index contributed by atoms with van der Waals surface area (Å²) in [6.45, 7) is 1.88. The Hall–Kier alpha value is -2.75. The van der Waals surface area contributed by atoms with Crippen molar-refractivity contribution in [2.24, 2.45) is 5.10 Å². The number of nitrogens with one attached hydrogen (secondary N) is 1. The van der Waals surface area contributed by atoms with Gasteiger partial charge in [-0.1, -0.05) is 48.2 Å². The number of hydroxylamine groups is 1. The van der Waals surface area contributed by atoms with Crippen molar-refractivity contribution in [2.45, 2.75) is 50.0 Å². The molecular formula is C26H29F2N3O3S. The zero-order chi connectivity index (χ0) is 24.8. The van der Waals surface area contributed by atoms with Gasteiger partial charge in [-0.25, -0.2) is 13.8 Å². The third-order valence-electron chi connectivity index (χ3n) is 6.13. The van der Waals surface area contributed by atoms with Crippen molar-refractivity contribution in [3.8, 4) is 0 Å². The van der Waals surface area contributed by atoms with Crippen LogP contribution in [0.4, 0.5) is 8.78 Å². The lowest BCUT2D eigenvalue weighted by atomic mass is 10.0. The Morgan fingerprint density at radius 1 is 1.23 bits per heavy atom. The van der Waals surface area contributed by atoms with Crippen LogP contribution in [0, 0.1) is 11.6 Å². The summed E-state index contributed by atoms with van der Waals surface area (Å²) in [4.78, 5) is 18.2. The largest absolute Gasteiger partial charge is 0.372 e. The first-order chi connectivity index (χ1) is 16.9. The number of benzene rings is 2. The molecule has 0 spiro atoms. The van der Waals surface area contributed by atoms with Gasteiger partial charge in [-0.2, -0.15) is 5.10 Å². The van der Waals surface area contributed by atoms with Gasteiger partial charge in [-0.15, -0.1) is 0 Å². The second-order valence-electron chi connectivity index (χ2n) is 8.49. The SMILES string of the molecule is CO[C@@H](C)C(=O)N1N=C(c2cc(F)ccc2F)SC1(CCONC1=CCCCC1)c1ccccc1. The fourth-order valence-corrected chi connectivity index (χ4v) is 5.48. The molecule has 0 aromatic heterocycles. The Kier molecular flexibility index (Phi) is 8.20. The number of thioether (sulfide) groups is 1. The van der Waals surface area contributed by atoms with E-state index in [-0.39, 0.29) is 17.2 Å². The number of hydrogen-bond donors (Lipinski definition) is 1. The number of carbonyl (C=O) groups is 1. The van der Waals surface area contributed by atoms with Crippen molar-refractivity contribution in [3.05, 3.63) is 83.1 Å². The molecule has 186 valence electrons. The third-order valence-corrected chi connectivity index (χ3v) is 7.57. The van der Waals surface area contributed by atoms with E-state index in [1.807, 2.05) is 30.3 Å². The van der Waals surface area contributed by atoms with E-state index in [2.05, 4.69) is 16.7 Å². The number of carbonyl (C=O) groups excluding carboxylic acids is 1. The van der Waals surface area contributed by atoms with E-state index in [1.54, 1.807) is 6.92 Å². The van der Waals surface area contributed by atoms with E-state index < -0.39 is 28.5 Å². The highest BCUT2D eigenvalue weighted by Gasteiger charge is 2.49. The second kappa shape index (κ2) is 11.3. The van der Waals surface area contributed by atoms with E-state index in [1.165, 1.54) is 30.3 Å². The summed E-state index contributed by atoms with van der Waals surface area (Å²) in [5.41, 5.74) is 4.87. The molecule has 35 heavy (non-hydrogen) atoms. The highest BCUT2D eigenvalue weighted by Crippen LogP contribution is 2.50. The van der Waals surface area contributed by atoms with Crippen molar-refractivity contribution in [1.82, 2.24) is 10.5 Å². The average molecular weight is 502 g/mol. The van der Waals surface area contributed by atoms with E-state index >= 15 is 0 Å². The summed E-state index contributed by atoms with van der Waals surface area (Å²) in [5.74, 6) is -1.59. The first-order valence-electron chi connectivity index (χ1n) is 11.7. The molecule has 9 heteroatoms. The van der Waals surface area contributed by atoms with Gasteiger partial charge in [0.15, 0.2) is 0 Å². The van der Waals surface area contributed by atoms with Crippen LogP contribution in [0.25, 0.3) is 0 Å². The molecule has 0 fully saturated rings. The normalized spacial score (nSPS) is 20.9. The van der Waals surface area contributed by atoms with Crippen LogP contribution in [0.15, 0.2) is 65.4 Å². The summed E-state index contributed by atoms with van der Waals surface area (Å²) in [7, 11) is 1.44. The lowest BCUT2D eigenvalue weighted by Gasteiger charge is -2.36. The van der Waals surface area contributed by atoms with E-state index in [0.717, 1.165) is 48.7 Å². The number of hydrogen-bond acceptors (Lipinski definition) is 6. The number of nitrogens with zero attached hydrogens (tertiary/aromatic N) is 2. The van der Waals surface area contributed by atoms with E-state index in [0.29, 0.717) is 6.42 Å². The third kappa shape index (κ3) is 5.58. The predicted molar refractivity (Wildman–Crippen MR) is 132 cm³/mol. The van der Waals surface area contributed by atoms with Gasteiger partial charge in [-0.05, 0) is 56.4 Å². The number of hydrazone groups is 1. The molecule has 1 amide bonds. The Morgan fingerprint density at radius 2 is 2.03 bits per heavy atom. The van der Waals surface area contributed by atoms with Crippen LogP contribution in [0.3, 0.4) is 0 Å². The van der Waals surface area contributed by atoms with Crippen molar-refractivity contribution >= 4 is 22.7 Å². The fraction of sp³-hybridized carbons (Fsp3) is 0.385. The molecule has 1 heterocycles. The van der Waals surface area contributed by atoms with Crippen LogP contribution in [0.5, 0.6) is 0 Å². The highest BCUT2D eigenvalue weighted by molar-refractivity contribution is 8.15. The first kappa shape index (κ1) is 25.3. The van der Waals surface area contributed by atoms with Gasteiger partial charge in [0.25, 0.3) is 5.91 Å². The molecule has 2 aromatic rings. The Balaban J connectivity index is 1.68. The number of amides is 1. The van der Waals surface area contributed by atoms with Gasteiger partial charge in [0.2, 0.25) is 0 Å². The maximum Gasteiger partial charge on any atom is 0.273 e. The summed E-state index contributed by atoms with van der Waals surface area (Å²) in [6.07, 6.45) is 5.91. The molecule has 1 unspecified atom stereocenters. The van der Waals surface area contributed by atoms with Gasteiger partial charge < -0.3 is 4.74 Å². The highest BCUT2D eigenvalue weighted by atomic mass is 32.2. The average Bonchev–Trinajstić information content (AvgIpc) is 3.28. The Bertz CT molecular complexity index is 1110. The van der Waals surface area contributed by atoms with Crippen molar-refractivity contribution in [2.75, 3.05) is 13.7 Å². The lowest BCUT2D eigenvalue weighted by Crippen LogP contribution is -2.46. The second-order valence-corrected chi connectivity index (χ2v) is 9.75. The fourth-order valence-electron chi connectivity index (χ4n) is 4.11. The maximum atomic E-state index is 14.7. The minimum atomic E-state index is -1.04. The van der Waals surface area contributed by atoms with Gasteiger partial charge in [-0.3, -0.25) is 15.1 Å². The molecule has 0 saturated heterocycles. The number of ether oxygens (including phenoxy) is 1. The van der Waals surface area contributed by atoms with Crippen LogP contribution in [0.2, 0.25) is 0 Å². The summed E-state index contributed by atoms with van der Waals surface area (Å²) < 4.78 is 34.0.